The molecule has 3 aliphatic rings. The van der Waals surface area contributed by atoms with Crippen molar-refractivity contribution in [1.29, 1.82) is 0 Å². The first-order valence-corrected chi connectivity index (χ1v) is 8.37. The van der Waals surface area contributed by atoms with Crippen molar-refractivity contribution < 1.29 is 9.53 Å². The molecule has 1 aliphatic carbocycles. The summed E-state index contributed by atoms with van der Waals surface area (Å²) in [6.45, 7) is 1.12. The molecule has 4 heteroatoms. The second kappa shape index (κ2) is 6.44. The van der Waals surface area contributed by atoms with Crippen LogP contribution in [0.2, 0.25) is 0 Å². The predicted molar refractivity (Wildman–Crippen MR) is 78.4 cm³/mol. The third kappa shape index (κ3) is 2.86. The zero-order valence-corrected chi connectivity index (χ0v) is 12.6. The van der Waals surface area contributed by atoms with E-state index in [0.29, 0.717) is 24.0 Å². The predicted octanol–water partition coefficient (Wildman–Crippen LogP) is 1.84. The van der Waals surface area contributed by atoms with E-state index in [4.69, 9.17) is 4.74 Å². The summed E-state index contributed by atoms with van der Waals surface area (Å²) in [5.74, 6) is 0.625. The van der Waals surface area contributed by atoms with E-state index >= 15 is 0 Å². The molecular formula is C16H28N2O2. The highest BCUT2D eigenvalue weighted by atomic mass is 16.5. The lowest BCUT2D eigenvalue weighted by Crippen LogP contribution is -2.61. The average Bonchev–Trinajstić information content (AvgIpc) is 2.54. The van der Waals surface area contributed by atoms with Crippen LogP contribution in [-0.2, 0) is 9.53 Å². The Morgan fingerprint density at radius 2 is 1.75 bits per heavy atom. The number of carbonyl (C=O) groups is 1. The molecule has 20 heavy (non-hydrogen) atoms. The minimum Gasteiger partial charge on any atom is -0.469 e. The molecule has 5 unspecified atom stereocenters. The number of piperidine rings is 2. The maximum Gasteiger partial charge on any atom is 0.309 e. The maximum absolute atomic E-state index is 12.2. The van der Waals surface area contributed by atoms with Crippen molar-refractivity contribution in [2.75, 3.05) is 13.7 Å². The van der Waals surface area contributed by atoms with Crippen LogP contribution in [0.25, 0.3) is 0 Å². The van der Waals surface area contributed by atoms with Crippen LogP contribution in [0.4, 0.5) is 0 Å². The smallest absolute Gasteiger partial charge is 0.309 e. The number of hydrogen-bond acceptors (Lipinski definition) is 4. The lowest BCUT2D eigenvalue weighted by molar-refractivity contribution is -0.150. The third-order valence-corrected chi connectivity index (χ3v) is 5.61. The summed E-state index contributed by atoms with van der Waals surface area (Å²) in [5, 5.41) is 7.51. The zero-order valence-electron chi connectivity index (χ0n) is 12.6. The number of hydrogen-bond donors (Lipinski definition) is 2. The number of ether oxygens (including phenoxy) is 1. The minimum absolute atomic E-state index is 0.0178. The summed E-state index contributed by atoms with van der Waals surface area (Å²) >= 11 is 0. The van der Waals surface area contributed by atoms with Crippen LogP contribution in [-0.4, -0.2) is 37.7 Å². The van der Waals surface area contributed by atoms with E-state index in [0.717, 1.165) is 13.0 Å². The van der Waals surface area contributed by atoms with Gasteiger partial charge in [0.05, 0.1) is 13.0 Å². The van der Waals surface area contributed by atoms with Gasteiger partial charge in [0.15, 0.2) is 0 Å². The molecule has 0 spiro atoms. The number of fused-ring (bicyclic) bond motifs is 1. The van der Waals surface area contributed by atoms with Crippen LogP contribution in [0.15, 0.2) is 0 Å². The number of nitrogens with one attached hydrogen (secondary N) is 2. The van der Waals surface area contributed by atoms with E-state index in [1.165, 1.54) is 52.1 Å². The highest BCUT2D eigenvalue weighted by Gasteiger charge is 2.44. The fourth-order valence-electron chi connectivity index (χ4n) is 4.56. The zero-order chi connectivity index (χ0) is 13.9. The second-order valence-corrected chi connectivity index (χ2v) is 6.75. The monoisotopic (exact) mass is 280 g/mol. The number of esters is 1. The first-order valence-electron chi connectivity index (χ1n) is 8.37. The topological polar surface area (TPSA) is 50.4 Å². The number of methoxy groups -OCH3 is 1. The van der Waals surface area contributed by atoms with Gasteiger partial charge in [-0.05, 0) is 44.6 Å². The van der Waals surface area contributed by atoms with Crippen LogP contribution < -0.4 is 10.6 Å². The Morgan fingerprint density at radius 1 is 1.00 bits per heavy atom. The molecule has 1 saturated carbocycles. The van der Waals surface area contributed by atoms with Gasteiger partial charge in [-0.2, -0.15) is 0 Å². The van der Waals surface area contributed by atoms with Gasteiger partial charge in [0.2, 0.25) is 0 Å². The summed E-state index contributed by atoms with van der Waals surface area (Å²) in [6, 6.07) is 1.51. The van der Waals surface area contributed by atoms with Crippen molar-refractivity contribution >= 4 is 5.97 Å². The van der Waals surface area contributed by atoms with E-state index < -0.39 is 0 Å². The second-order valence-electron chi connectivity index (χ2n) is 6.75. The van der Waals surface area contributed by atoms with E-state index in [2.05, 4.69) is 10.6 Å². The van der Waals surface area contributed by atoms with Gasteiger partial charge in [-0.25, -0.2) is 0 Å². The average molecular weight is 280 g/mol. The summed E-state index contributed by atoms with van der Waals surface area (Å²) in [5.41, 5.74) is 0. The molecule has 2 saturated heterocycles. The fraction of sp³-hybridized carbons (Fsp3) is 0.938. The molecule has 0 aromatic carbocycles. The standard InChI is InChI=1S/C16H28N2O2/c1-20-16(19)12-10-15(14-8-4-5-9-17-14)18-13-7-3-2-6-11(12)13/h11-15,17-18H,2-10H2,1H3. The Morgan fingerprint density at radius 3 is 2.50 bits per heavy atom. The van der Waals surface area contributed by atoms with E-state index in [-0.39, 0.29) is 11.9 Å². The Labute approximate surface area is 122 Å². The number of carbonyl (C=O) groups excluding carboxylic acids is 1. The summed E-state index contributed by atoms with van der Waals surface area (Å²) in [4.78, 5) is 12.2. The summed E-state index contributed by atoms with van der Waals surface area (Å²) in [7, 11) is 1.54. The molecular weight excluding hydrogens is 252 g/mol. The maximum atomic E-state index is 12.2. The van der Waals surface area contributed by atoms with Crippen molar-refractivity contribution in [2.24, 2.45) is 11.8 Å². The Bertz CT molecular complexity index is 341. The molecule has 3 rings (SSSR count). The molecule has 5 atom stereocenters. The van der Waals surface area contributed by atoms with Crippen LogP contribution in [0.1, 0.15) is 51.4 Å². The SMILES string of the molecule is COC(=O)C1CC(C2CCCCN2)NC2CCCCC21. The van der Waals surface area contributed by atoms with Crippen LogP contribution in [0.5, 0.6) is 0 Å². The van der Waals surface area contributed by atoms with Gasteiger partial charge in [0.1, 0.15) is 0 Å². The van der Waals surface area contributed by atoms with Crippen molar-refractivity contribution in [2.45, 2.75) is 69.5 Å². The van der Waals surface area contributed by atoms with Crippen molar-refractivity contribution in [1.82, 2.24) is 10.6 Å². The van der Waals surface area contributed by atoms with Gasteiger partial charge < -0.3 is 15.4 Å². The molecule has 2 N–H and O–H groups in total. The van der Waals surface area contributed by atoms with Gasteiger partial charge in [-0.15, -0.1) is 0 Å². The lowest BCUT2D eigenvalue weighted by Gasteiger charge is -2.47. The molecule has 0 radical (unpaired) electrons. The molecule has 2 aliphatic heterocycles. The Kier molecular flexibility index (Phi) is 4.61. The van der Waals surface area contributed by atoms with Gasteiger partial charge in [0.25, 0.3) is 0 Å². The first kappa shape index (κ1) is 14.3. The molecule has 0 bridgehead atoms. The molecule has 2 heterocycles. The van der Waals surface area contributed by atoms with E-state index in [1.807, 2.05) is 0 Å². The molecule has 0 amide bonds. The van der Waals surface area contributed by atoms with Crippen molar-refractivity contribution in [3.63, 3.8) is 0 Å². The molecule has 114 valence electrons. The minimum atomic E-state index is 0.0178. The highest BCUT2D eigenvalue weighted by Crippen LogP contribution is 2.38. The van der Waals surface area contributed by atoms with Crippen molar-refractivity contribution in [3.8, 4) is 0 Å². The number of rotatable bonds is 2. The molecule has 4 nitrogen and oxygen atoms in total. The largest absolute Gasteiger partial charge is 0.469 e. The van der Waals surface area contributed by atoms with E-state index in [1.54, 1.807) is 0 Å². The summed E-state index contributed by atoms with van der Waals surface area (Å²) < 4.78 is 5.09. The van der Waals surface area contributed by atoms with Crippen LogP contribution in [0, 0.1) is 11.8 Å². The highest BCUT2D eigenvalue weighted by molar-refractivity contribution is 5.73. The fourth-order valence-corrected chi connectivity index (χ4v) is 4.56. The van der Waals surface area contributed by atoms with Crippen LogP contribution >= 0.6 is 0 Å². The van der Waals surface area contributed by atoms with Crippen molar-refractivity contribution in [3.05, 3.63) is 0 Å². The van der Waals surface area contributed by atoms with E-state index in [9.17, 15) is 4.79 Å². The Hall–Kier alpha value is -0.610. The van der Waals surface area contributed by atoms with Gasteiger partial charge in [0, 0.05) is 18.1 Å². The quantitative estimate of drug-likeness (QED) is 0.758. The Balaban J connectivity index is 1.72. The van der Waals surface area contributed by atoms with Crippen LogP contribution in [0.3, 0.4) is 0 Å². The van der Waals surface area contributed by atoms with Gasteiger partial charge in [-0.1, -0.05) is 19.3 Å². The molecule has 0 aromatic rings. The summed E-state index contributed by atoms with van der Waals surface area (Å²) in [6.07, 6.45) is 9.76. The lowest BCUT2D eigenvalue weighted by atomic mass is 9.69. The normalized spacial score (nSPS) is 41.8. The first-order chi connectivity index (χ1) is 9.79. The molecule has 0 aromatic heterocycles. The van der Waals surface area contributed by atoms with Gasteiger partial charge in [-0.3, -0.25) is 4.79 Å². The molecule has 3 fully saturated rings. The van der Waals surface area contributed by atoms with Gasteiger partial charge >= 0.3 is 5.97 Å². The third-order valence-electron chi connectivity index (χ3n) is 5.61.